The van der Waals surface area contributed by atoms with Crippen molar-refractivity contribution in [3.8, 4) is 0 Å². The summed E-state index contributed by atoms with van der Waals surface area (Å²) in [6.45, 7) is 0.671. The van der Waals surface area contributed by atoms with E-state index in [1.165, 1.54) is 12.1 Å². The van der Waals surface area contributed by atoms with Gasteiger partial charge in [0.05, 0.1) is 5.56 Å². The first-order valence-corrected chi connectivity index (χ1v) is 7.12. The van der Waals surface area contributed by atoms with Crippen molar-refractivity contribution in [2.24, 2.45) is 0 Å². The number of alkyl halides is 3. The maximum atomic E-state index is 12.8. The lowest BCUT2D eigenvalue weighted by Crippen LogP contribution is -2.26. The predicted octanol–water partition coefficient (Wildman–Crippen LogP) is 2.85. The van der Waals surface area contributed by atoms with Crippen LogP contribution in [0.15, 0.2) is 24.3 Å². The third-order valence-electron chi connectivity index (χ3n) is 3.34. The molecule has 2 N–H and O–H groups in total. The predicted molar refractivity (Wildman–Crippen MR) is 73.5 cm³/mol. The Morgan fingerprint density at radius 2 is 1.95 bits per heavy atom. The van der Waals surface area contributed by atoms with Crippen molar-refractivity contribution in [2.75, 3.05) is 6.54 Å². The number of carbonyl (C=O) groups is 1. The molecule has 1 aliphatic carbocycles. The molecule has 0 bridgehead atoms. The third-order valence-corrected chi connectivity index (χ3v) is 3.34. The lowest BCUT2D eigenvalue weighted by atomic mass is 10.1. The van der Waals surface area contributed by atoms with Gasteiger partial charge in [0.2, 0.25) is 5.91 Å². The van der Waals surface area contributed by atoms with E-state index in [-0.39, 0.29) is 18.0 Å². The molecule has 0 atom stereocenters. The Morgan fingerprint density at radius 3 is 2.62 bits per heavy atom. The minimum atomic E-state index is -4.33. The Hall–Kier alpha value is -1.56. The molecular weight excluding hydrogens is 281 g/mol. The number of rotatable bonds is 7. The van der Waals surface area contributed by atoms with Crippen molar-refractivity contribution in [2.45, 2.75) is 44.4 Å². The molecule has 0 radical (unpaired) electrons. The summed E-state index contributed by atoms with van der Waals surface area (Å²) in [4.78, 5) is 11.4. The van der Waals surface area contributed by atoms with E-state index in [1.807, 2.05) is 0 Å². The lowest BCUT2D eigenvalue weighted by Gasteiger charge is -2.13. The minimum absolute atomic E-state index is 0.0231. The fourth-order valence-electron chi connectivity index (χ4n) is 2.08. The van der Waals surface area contributed by atoms with Crippen molar-refractivity contribution < 1.29 is 18.0 Å². The van der Waals surface area contributed by atoms with Gasteiger partial charge in [-0.25, -0.2) is 0 Å². The van der Waals surface area contributed by atoms with Crippen LogP contribution in [-0.4, -0.2) is 18.5 Å². The highest BCUT2D eigenvalue weighted by molar-refractivity contribution is 5.76. The van der Waals surface area contributed by atoms with E-state index in [0.717, 1.165) is 18.9 Å². The molecule has 0 spiro atoms. The molecule has 0 aliphatic heterocycles. The largest absolute Gasteiger partial charge is 0.416 e. The van der Waals surface area contributed by atoms with Crippen LogP contribution >= 0.6 is 0 Å². The molecule has 116 valence electrons. The number of carbonyl (C=O) groups excluding carboxylic acids is 1. The molecule has 0 heterocycles. The van der Waals surface area contributed by atoms with Crippen molar-refractivity contribution in [3.05, 3.63) is 35.4 Å². The molecule has 1 aromatic rings. The van der Waals surface area contributed by atoms with Crippen LogP contribution in [0.5, 0.6) is 0 Å². The zero-order valence-electron chi connectivity index (χ0n) is 11.7. The highest BCUT2D eigenvalue weighted by Gasteiger charge is 2.32. The van der Waals surface area contributed by atoms with E-state index >= 15 is 0 Å². The van der Waals surface area contributed by atoms with Crippen molar-refractivity contribution >= 4 is 5.91 Å². The fraction of sp³-hybridized carbons (Fsp3) is 0.533. The van der Waals surface area contributed by atoms with Gasteiger partial charge < -0.3 is 10.6 Å². The van der Waals surface area contributed by atoms with Gasteiger partial charge in [0, 0.05) is 19.0 Å². The summed E-state index contributed by atoms with van der Waals surface area (Å²) in [5, 5.41) is 5.83. The Bertz CT molecular complexity index is 484. The summed E-state index contributed by atoms with van der Waals surface area (Å²) in [5.74, 6) is 0.0231. The van der Waals surface area contributed by atoms with Crippen LogP contribution in [0.2, 0.25) is 0 Å². The van der Waals surface area contributed by atoms with E-state index in [9.17, 15) is 18.0 Å². The molecule has 2 rings (SSSR count). The number of halogens is 3. The van der Waals surface area contributed by atoms with E-state index in [4.69, 9.17) is 0 Å². The fourth-order valence-corrected chi connectivity index (χ4v) is 2.08. The molecule has 0 aromatic heterocycles. The monoisotopic (exact) mass is 300 g/mol. The van der Waals surface area contributed by atoms with E-state index in [2.05, 4.69) is 10.6 Å². The summed E-state index contributed by atoms with van der Waals surface area (Å²) in [6, 6.07) is 5.88. The molecule has 0 saturated heterocycles. The summed E-state index contributed by atoms with van der Waals surface area (Å²) < 4.78 is 38.3. The van der Waals surface area contributed by atoms with Gasteiger partial charge >= 0.3 is 6.18 Å². The molecule has 1 fully saturated rings. The van der Waals surface area contributed by atoms with Crippen LogP contribution in [0.4, 0.5) is 13.2 Å². The quantitative estimate of drug-likeness (QED) is 0.760. The summed E-state index contributed by atoms with van der Waals surface area (Å²) in [6.07, 6.45) is -1.20. The van der Waals surface area contributed by atoms with Crippen LogP contribution in [-0.2, 0) is 17.5 Å². The van der Waals surface area contributed by atoms with Crippen LogP contribution in [0.1, 0.15) is 36.8 Å². The number of hydrogen-bond donors (Lipinski definition) is 2. The highest BCUT2D eigenvalue weighted by atomic mass is 19.4. The smallest absolute Gasteiger partial charge is 0.353 e. The van der Waals surface area contributed by atoms with Gasteiger partial charge in [-0.1, -0.05) is 18.2 Å². The zero-order chi connectivity index (χ0) is 15.3. The second kappa shape index (κ2) is 6.93. The van der Waals surface area contributed by atoms with Crippen molar-refractivity contribution in [3.63, 3.8) is 0 Å². The number of benzene rings is 1. The van der Waals surface area contributed by atoms with Gasteiger partial charge in [0.1, 0.15) is 0 Å². The molecular formula is C15H19F3N2O. The second-order valence-electron chi connectivity index (χ2n) is 5.28. The summed E-state index contributed by atoms with van der Waals surface area (Å²) in [7, 11) is 0. The first kappa shape index (κ1) is 15.8. The van der Waals surface area contributed by atoms with Gasteiger partial charge in [0.15, 0.2) is 0 Å². The zero-order valence-corrected chi connectivity index (χ0v) is 11.7. The van der Waals surface area contributed by atoms with Gasteiger partial charge in [-0.2, -0.15) is 13.2 Å². The Labute approximate surface area is 121 Å². The second-order valence-corrected chi connectivity index (χ2v) is 5.28. The topological polar surface area (TPSA) is 41.1 Å². The van der Waals surface area contributed by atoms with Gasteiger partial charge in [-0.15, -0.1) is 0 Å². The Morgan fingerprint density at radius 1 is 1.24 bits per heavy atom. The average Bonchev–Trinajstić information content (AvgIpc) is 3.21. The van der Waals surface area contributed by atoms with Crippen molar-refractivity contribution in [1.29, 1.82) is 0 Å². The van der Waals surface area contributed by atoms with E-state index in [0.29, 0.717) is 25.4 Å². The van der Waals surface area contributed by atoms with Crippen LogP contribution in [0.3, 0.4) is 0 Å². The summed E-state index contributed by atoms with van der Waals surface area (Å²) in [5.41, 5.74) is -0.378. The van der Waals surface area contributed by atoms with E-state index in [1.54, 1.807) is 6.07 Å². The maximum Gasteiger partial charge on any atom is 0.416 e. The first-order valence-electron chi connectivity index (χ1n) is 7.12. The SMILES string of the molecule is O=C(CCCNCc1ccccc1C(F)(F)F)NC1CC1. The highest BCUT2D eigenvalue weighted by Crippen LogP contribution is 2.31. The molecule has 1 amide bonds. The normalized spacial score (nSPS) is 15.0. The molecule has 21 heavy (non-hydrogen) atoms. The van der Waals surface area contributed by atoms with Gasteiger partial charge in [0.25, 0.3) is 0 Å². The molecule has 1 aromatic carbocycles. The molecule has 0 unspecified atom stereocenters. The van der Waals surface area contributed by atoms with E-state index < -0.39 is 11.7 Å². The Kier molecular flexibility index (Phi) is 5.22. The van der Waals surface area contributed by atoms with Crippen molar-refractivity contribution in [1.82, 2.24) is 10.6 Å². The standard InChI is InChI=1S/C15H19F3N2O/c16-15(17,18)13-5-2-1-4-11(13)10-19-9-3-6-14(21)20-12-7-8-12/h1-2,4-5,12,19H,3,6-10H2,(H,20,21). The van der Waals surface area contributed by atoms with Gasteiger partial charge in [-0.05, 0) is 37.4 Å². The number of nitrogens with one attached hydrogen (secondary N) is 2. The van der Waals surface area contributed by atoms with Gasteiger partial charge in [-0.3, -0.25) is 4.79 Å². The number of amides is 1. The molecule has 3 nitrogen and oxygen atoms in total. The third kappa shape index (κ3) is 5.38. The lowest BCUT2D eigenvalue weighted by molar-refractivity contribution is -0.138. The maximum absolute atomic E-state index is 12.8. The van der Waals surface area contributed by atoms with Crippen LogP contribution in [0, 0.1) is 0 Å². The molecule has 1 aliphatic rings. The Balaban J connectivity index is 1.69. The summed E-state index contributed by atoms with van der Waals surface area (Å²) >= 11 is 0. The van der Waals surface area contributed by atoms with Crippen LogP contribution < -0.4 is 10.6 Å². The molecule has 6 heteroatoms. The minimum Gasteiger partial charge on any atom is -0.353 e. The average molecular weight is 300 g/mol. The van der Waals surface area contributed by atoms with Crippen LogP contribution in [0.25, 0.3) is 0 Å². The number of hydrogen-bond acceptors (Lipinski definition) is 2. The first-order chi connectivity index (χ1) is 9.97. The molecule has 1 saturated carbocycles.